The largest absolute Gasteiger partial charge is 0.411 e. The molecule has 10 aliphatic carbocycles. The van der Waals surface area contributed by atoms with Crippen LogP contribution in [0.25, 0.3) is 0 Å². The van der Waals surface area contributed by atoms with E-state index >= 15 is 0 Å². The van der Waals surface area contributed by atoms with Gasteiger partial charge in [-0.25, -0.2) is 0 Å². The molecule has 0 aromatic rings. The quantitative estimate of drug-likeness (QED) is 0.147. The summed E-state index contributed by atoms with van der Waals surface area (Å²) in [6.07, 6.45) is 18.2. The Kier molecular flexibility index (Phi) is 17.0. The zero-order valence-electron chi connectivity index (χ0n) is 55.8. The van der Waals surface area contributed by atoms with Gasteiger partial charge in [-0.05, 0) is 228 Å². The second-order valence-corrected chi connectivity index (χ2v) is 43.1. The first kappa shape index (κ1) is 64.9. The Hall–Kier alpha value is 0.887. The highest BCUT2D eigenvalue weighted by Gasteiger charge is 2.87. The van der Waals surface area contributed by atoms with Gasteiger partial charge in [0.05, 0.1) is 63.9 Å². The third-order valence-electron chi connectivity index (χ3n) is 30.9. The first-order valence-corrected chi connectivity index (χ1v) is 39.7. The summed E-state index contributed by atoms with van der Waals surface area (Å²) >= 11 is 4.31. The van der Waals surface area contributed by atoms with E-state index in [2.05, 4.69) is 159 Å². The molecule has 2 saturated heterocycles. The fraction of sp³-hybridized carbons (Fsp3) is 1.00. The van der Waals surface area contributed by atoms with Crippen molar-refractivity contribution in [3.05, 3.63) is 0 Å². The van der Waals surface area contributed by atoms with Crippen LogP contribution in [0, 0.1) is 118 Å². The average Bonchev–Trinajstić information content (AvgIpc) is 2.51. The molecule has 28 atom stereocenters. The van der Waals surface area contributed by atoms with Crippen molar-refractivity contribution in [2.75, 3.05) is 0 Å². The van der Waals surface area contributed by atoms with Gasteiger partial charge >= 0.3 is 1.28 Å². The summed E-state index contributed by atoms with van der Waals surface area (Å²) in [5, 5.41) is 45.8. The Morgan fingerprint density at radius 3 is 1.44 bits per heavy atom. The van der Waals surface area contributed by atoms with Crippen molar-refractivity contribution in [1.29, 1.82) is 1.28 Å². The van der Waals surface area contributed by atoms with E-state index < -0.39 is 33.6 Å². The molecule has 0 amide bonds. The van der Waals surface area contributed by atoms with Crippen molar-refractivity contribution in [2.45, 2.75) is 322 Å². The minimum atomic E-state index is -1.90. The van der Waals surface area contributed by atoms with E-state index in [0.717, 1.165) is 37.0 Å². The highest BCUT2D eigenvalue weighted by atomic mass is 32.6. The molecule has 0 bridgehead atoms. The van der Waals surface area contributed by atoms with Crippen LogP contribution in [0.2, 0.25) is 18.1 Å². The molecule has 12 rings (SSSR count). The van der Waals surface area contributed by atoms with Crippen LogP contribution in [0.1, 0.15) is 249 Å². The summed E-state index contributed by atoms with van der Waals surface area (Å²) in [4.78, 5) is 0. The summed E-state index contributed by atoms with van der Waals surface area (Å²) in [5.41, 5.74) is 2.06. The van der Waals surface area contributed by atoms with Crippen LogP contribution < -0.4 is 0 Å². The molecule has 12 aliphatic rings. The standard InChI is InChI=1S/C38H68O3Si.C31H52O4.CH4.H2P2S/c1-13-42(14-2,15-3)41-32-30-29(24(4)22-26(40-30)31(39)33(6,7)8)35(11)20-21-38-23-37(38)19-18-25(5)34(9,10)27(37)16-17-28(38)36(32,35)12;1-17-15-18(24(33)26(2,3)4)35-23-22(17)28(7)13-14-31-16-30(31)12-11-21(32)27(5,6)19(30)9-10-20(31)29(28,8)25(23)34;;1-2-3/h24-32,39H,13-23H2,1-12H3;17-25,32-34H,9-16H2,1-8H3;1H4;1H2/p+1/t24-,25+,26-,27+,28+,29?,30+,31?,32+,35-,36-,37?,38+;17-,18-,19+,20+,21+,22?,23+,24?,25+,28-,29-,30?,31+;;/m11../s1/i/hT. The van der Waals surface area contributed by atoms with Gasteiger partial charge in [-0.15, -0.1) is 0 Å². The Balaban J connectivity index is 0.000000186. The number of hydrogen-bond acceptors (Lipinski definition) is 8. The van der Waals surface area contributed by atoms with Crippen molar-refractivity contribution in [3.63, 3.8) is 0 Å². The molecule has 0 aromatic carbocycles. The minimum absolute atomic E-state index is 0. The number of aliphatic hydroxyl groups excluding tert-OH is 4. The van der Waals surface area contributed by atoms with E-state index in [1.54, 1.807) is 0 Å². The number of fused-ring (bicyclic) bond motifs is 8. The molecular formula is C70H127O7P2SSi+. The van der Waals surface area contributed by atoms with Crippen molar-refractivity contribution in [2.24, 2.45) is 118 Å². The molecule has 8 unspecified atom stereocenters. The summed E-state index contributed by atoms with van der Waals surface area (Å²) in [7, 11) is 0.303. The fourth-order valence-corrected chi connectivity index (χ4v) is 28.7. The molecule has 4 N–H and O–H groups in total. The average molecular weight is 1200 g/mol. The third kappa shape index (κ3) is 8.82. The van der Waals surface area contributed by atoms with Gasteiger partial charge in [0.15, 0.2) is 27.1 Å². The van der Waals surface area contributed by atoms with Crippen LogP contribution in [-0.2, 0) is 25.7 Å². The van der Waals surface area contributed by atoms with E-state index in [1.165, 1.54) is 102 Å². The molecule has 0 radical (unpaired) electrons. The van der Waals surface area contributed by atoms with Gasteiger partial charge in [-0.2, -0.15) is 0 Å². The zero-order valence-corrected chi connectivity index (χ0v) is 58.6. The lowest BCUT2D eigenvalue weighted by atomic mass is 9.41. The number of aliphatic hydroxyl groups is 4. The van der Waals surface area contributed by atoms with Gasteiger partial charge in [-0.3, -0.25) is 0 Å². The van der Waals surface area contributed by atoms with E-state index in [-0.39, 0.29) is 82.0 Å². The number of rotatable bonds is 7. The topological polar surface area (TPSA) is 109 Å². The lowest BCUT2D eigenvalue weighted by Crippen LogP contribution is -2.60. The maximum atomic E-state index is 12.2. The first-order chi connectivity index (χ1) is 37.3. The summed E-state index contributed by atoms with van der Waals surface area (Å²) < 4.78 is 28.3. The normalized spacial score (nSPS) is 53.1. The van der Waals surface area contributed by atoms with Crippen LogP contribution in [0.3, 0.4) is 0 Å². The predicted octanol–water partition coefficient (Wildman–Crippen LogP) is 17.0. The second kappa shape index (κ2) is 21.2. The predicted molar refractivity (Wildman–Crippen MR) is 346 cm³/mol. The second-order valence-electron chi connectivity index (χ2n) is 35.6. The SMILES string of the molecule is C.CC[Si](CC)(CC)O[C@H]1[C@H]2O[C@@H](C(O)C(C)(C)C)C[C@@H](C)C2[C@@]2(C)CC[C@@]34CC35CC[C@H](C)C(C)(C)[C@@H]5CC[C@H]4[C@]12C.C[C@@H]1C[C@H](C(O)C(C)(C)C)O[C@H]2C1[C@@]1(C)CC[C@@]34CC35CC[C@H](O)C(C)(C)[C@@H]5CC[C@H]4[C@]1(C)[C@H]2O.[3H][P+](P)=S. The molecule has 2 aliphatic heterocycles. The Morgan fingerprint density at radius 1 is 0.605 bits per heavy atom. The van der Waals surface area contributed by atoms with Crippen LogP contribution in [0.15, 0.2) is 0 Å². The molecule has 10 saturated carbocycles. The molecular weight excluding hydrogens is 1070 g/mol. The number of hydrogen-bond donors (Lipinski definition) is 4. The highest BCUT2D eigenvalue weighted by Crippen LogP contribution is 2.91. The van der Waals surface area contributed by atoms with Crippen LogP contribution in [0.5, 0.6) is 0 Å². The van der Waals surface area contributed by atoms with Gasteiger partial charge in [0, 0.05) is 10.8 Å². The lowest BCUT2D eigenvalue weighted by Gasteiger charge is -2.64. The molecule has 11 heteroatoms. The van der Waals surface area contributed by atoms with Crippen LogP contribution in [0.4, 0.5) is 0 Å². The van der Waals surface area contributed by atoms with Crippen LogP contribution in [-0.4, -0.2) is 85.0 Å². The van der Waals surface area contributed by atoms with Crippen molar-refractivity contribution in [3.8, 4) is 0 Å². The van der Waals surface area contributed by atoms with Crippen molar-refractivity contribution in [1.82, 2.24) is 0 Å². The molecule has 0 aromatic heterocycles. The maximum Gasteiger partial charge on any atom is 0.355 e. The van der Waals surface area contributed by atoms with Crippen molar-refractivity contribution >= 4 is 36.0 Å². The zero-order chi connectivity index (χ0) is 60.0. The van der Waals surface area contributed by atoms with E-state index in [1.807, 2.05) is 0 Å². The van der Waals surface area contributed by atoms with Gasteiger partial charge < -0.3 is 34.3 Å². The molecule has 12 fully saturated rings. The molecule has 7 nitrogen and oxygen atoms in total. The Labute approximate surface area is 508 Å². The van der Waals surface area contributed by atoms with Gasteiger partial charge in [-0.1, -0.05) is 146 Å². The van der Waals surface area contributed by atoms with Crippen LogP contribution >= 0.6 is 15.9 Å². The third-order valence-corrected chi connectivity index (χ3v) is 35.6. The van der Waals surface area contributed by atoms with E-state index in [0.29, 0.717) is 62.6 Å². The molecule has 2 heterocycles. The minimum Gasteiger partial charge on any atom is -0.411 e. The highest BCUT2D eigenvalue weighted by molar-refractivity contribution is 8.24. The molecule has 4 spiro atoms. The first-order valence-electron chi connectivity index (χ1n) is 34.1. The smallest absolute Gasteiger partial charge is 0.355 e. The molecule has 81 heavy (non-hydrogen) atoms. The van der Waals surface area contributed by atoms with E-state index in [9.17, 15) is 20.4 Å². The van der Waals surface area contributed by atoms with E-state index in [4.69, 9.17) is 15.2 Å². The monoisotopic (exact) mass is 1200 g/mol. The number of ether oxygens (including phenoxy) is 2. The van der Waals surface area contributed by atoms with Crippen molar-refractivity contribution < 1.29 is 34.3 Å². The molecule has 468 valence electrons. The summed E-state index contributed by atoms with van der Waals surface area (Å²) in [6, 6.07) is 3.58. The summed E-state index contributed by atoms with van der Waals surface area (Å²) in [6.45, 7) is 46.8. The lowest BCUT2D eigenvalue weighted by molar-refractivity contribution is -0.189. The van der Waals surface area contributed by atoms with Gasteiger partial charge in [0.1, 0.15) is 0 Å². The maximum absolute atomic E-state index is 12.2. The Morgan fingerprint density at radius 2 is 0.988 bits per heavy atom. The Bertz CT molecular complexity index is 2360. The fourth-order valence-electron chi connectivity index (χ4n) is 25.8. The summed E-state index contributed by atoms with van der Waals surface area (Å²) in [5.74, 6) is 5.42. The van der Waals surface area contributed by atoms with Gasteiger partial charge in [0.2, 0.25) is 0 Å². The van der Waals surface area contributed by atoms with Gasteiger partial charge in [0.25, 0.3) is 0 Å².